The second kappa shape index (κ2) is 7.96. The molecule has 90 valence electrons. The maximum atomic E-state index is 9.69. The van der Waals surface area contributed by atoms with Crippen molar-refractivity contribution < 1.29 is 5.11 Å². The van der Waals surface area contributed by atoms with Crippen LogP contribution in [0.25, 0.3) is 0 Å². The molecular weight excluding hydrogens is 242 g/mol. The molecule has 0 aliphatic carbocycles. The summed E-state index contributed by atoms with van der Waals surface area (Å²) in [6.45, 7) is 3.72. The van der Waals surface area contributed by atoms with Crippen molar-refractivity contribution in [1.29, 1.82) is 0 Å². The molecule has 16 heavy (non-hydrogen) atoms. The van der Waals surface area contributed by atoms with Crippen molar-refractivity contribution in [3.05, 3.63) is 29.3 Å². The molecule has 0 aromatic heterocycles. The van der Waals surface area contributed by atoms with Gasteiger partial charge in [-0.2, -0.15) is 0 Å². The first kappa shape index (κ1) is 13.8. The van der Waals surface area contributed by atoms with E-state index >= 15 is 0 Å². The van der Waals surface area contributed by atoms with Gasteiger partial charge in [0.2, 0.25) is 0 Å². The lowest BCUT2D eigenvalue weighted by atomic mass is 10.4. The summed E-state index contributed by atoms with van der Waals surface area (Å²) in [5.41, 5.74) is 0. The number of halogens is 1. The number of aliphatic hydroxyl groups is 1. The fraction of sp³-hybridized carbons (Fsp3) is 0.500. The molecule has 0 heterocycles. The van der Waals surface area contributed by atoms with Crippen LogP contribution in [0, 0.1) is 0 Å². The minimum Gasteiger partial charge on any atom is -0.391 e. The quantitative estimate of drug-likeness (QED) is 0.583. The summed E-state index contributed by atoms with van der Waals surface area (Å²) in [4.78, 5) is 1.10. The van der Waals surface area contributed by atoms with E-state index in [-0.39, 0.29) is 6.10 Å². The van der Waals surface area contributed by atoms with Gasteiger partial charge in [-0.15, -0.1) is 11.8 Å². The average molecular weight is 260 g/mol. The van der Waals surface area contributed by atoms with Crippen molar-refractivity contribution in [1.82, 2.24) is 5.32 Å². The van der Waals surface area contributed by atoms with E-state index in [0.717, 1.165) is 22.9 Å². The van der Waals surface area contributed by atoms with Gasteiger partial charge in [0.05, 0.1) is 6.10 Å². The smallest absolute Gasteiger partial charge is 0.0758 e. The second-order valence-electron chi connectivity index (χ2n) is 3.63. The Balaban J connectivity index is 2.23. The van der Waals surface area contributed by atoms with Crippen LogP contribution >= 0.6 is 23.4 Å². The summed E-state index contributed by atoms with van der Waals surface area (Å²) < 4.78 is 0. The largest absolute Gasteiger partial charge is 0.391 e. The van der Waals surface area contributed by atoms with Gasteiger partial charge in [0, 0.05) is 22.2 Å². The average Bonchev–Trinajstić information content (AvgIpc) is 2.27. The van der Waals surface area contributed by atoms with Gasteiger partial charge < -0.3 is 10.4 Å². The highest BCUT2D eigenvalue weighted by molar-refractivity contribution is 7.99. The predicted molar refractivity (Wildman–Crippen MR) is 71.3 cm³/mol. The van der Waals surface area contributed by atoms with Gasteiger partial charge in [-0.25, -0.2) is 0 Å². The van der Waals surface area contributed by atoms with E-state index in [4.69, 9.17) is 11.6 Å². The molecular formula is C12H18ClNOS. The van der Waals surface area contributed by atoms with Crippen LogP contribution in [0.1, 0.15) is 13.3 Å². The van der Waals surface area contributed by atoms with Crippen LogP contribution in [0.4, 0.5) is 0 Å². The Bertz CT molecular complexity index is 309. The number of hydrogen-bond acceptors (Lipinski definition) is 3. The first-order valence-corrected chi connectivity index (χ1v) is 6.86. The Morgan fingerprint density at radius 2 is 2.31 bits per heavy atom. The first-order chi connectivity index (χ1) is 7.72. The predicted octanol–water partition coefficient (Wildman–Crippen LogP) is 2.79. The number of benzene rings is 1. The third-order valence-corrected chi connectivity index (χ3v) is 3.42. The number of hydrogen-bond donors (Lipinski definition) is 2. The molecule has 2 nitrogen and oxygen atoms in total. The minimum atomic E-state index is -0.310. The Kier molecular flexibility index (Phi) is 6.88. The fourth-order valence-corrected chi connectivity index (χ4v) is 2.40. The summed E-state index contributed by atoms with van der Waals surface area (Å²) >= 11 is 7.50. The number of aliphatic hydroxyl groups excluding tert-OH is 1. The van der Waals surface area contributed by atoms with Crippen LogP contribution in [0.5, 0.6) is 0 Å². The van der Waals surface area contributed by atoms with Crippen LogP contribution in [0.15, 0.2) is 29.2 Å². The number of rotatable bonds is 7. The summed E-state index contributed by atoms with van der Waals surface area (Å²) in [7, 11) is 0. The summed E-state index contributed by atoms with van der Waals surface area (Å²) in [5.74, 6) is 0.692. The maximum absolute atomic E-state index is 9.69. The summed E-state index contributed by atoms with van der Waals surface area (Å²) in [6.07, 6.45) is 0.782. The molecule has 2 N–H and O–H groups in total. The third-order valence-electron chi connectivity index (χ3n) is 2.05. The zero-order chi connectivity index (χ0) is 11.8. The van der Waals surface area contributed by atoms with Crippen molar-refractivity contribution in [3.8, 4) is 0 Å². The zero-order valence-corrected chi connectivity index (χ0v) is 11.0. The highest BCUT2D eigenvalue weighted by Gasteiger charge is 2.04. The van der Waals surface area contributed by atoms with Gasteiger partial charge in [0.1, 0.15) is 0 Å². The molecule has 0 aliphatic rings. The molecule has 0 radical (unpaired) electrons. The van der Waals surface area contributed by atoms with Gasteiger partial charge >= 0.3 is 0 Å². The Hall–Kier alpha value is -0.220. The molecule has 0 amide bonds. The lowest BCUT2D eigenvalue weighted by Crippen LogP contribution is -2.28. The van der Waals surface area contributed by atoms with E-state index in [1.807, 2.05) is 24.3 Å². The molecule has 4 heteroatoms. The van der Waals surface area contributed by atoms with Crippen LogP contribution in [0.3, 0.4) is 0 Å². The molecule has 1 unspecified atom stereocenters. The molecule has 1 aromatic rings. The zero-order valence-electron chi connectivity index (χ0n) is 9.45. The highest BCUT2D eigenvalue weighted by Crippen LogP contribution is 2.21. The monoisotopic (exact) mass is 259 g/mol. The molecule has 1 aromatic carbocycles. The molecule has 0 bridgehead atoms. The van der Waals surface area contributed by atoms with Crippen LogP contribution in [0.2, 0.25) is 5.02 Å². The summed E-state index contributed by atoms with van der Waals surface area (Å²) in [5, 5.41) is 13.6. The summed E-state index contributed by atoms with van der Waals surface area (Å²) in [6, 6.07) is 7.69. The topological polar surface area (TPSA) is 32.3 Å². The van der Waals surface area contributed by atoms with E-state index in [1.54, 1.807) is 11.8 Å². The fourth-order valence-electron chi connectivity index (χ4n) is 1.25. The lowest BCUT2D eigenvalue weighted by molar-refractivity contribution is 0.196. The highest BCUT2D eigenvalue weighted by atomic mass is 35.5. The van der Waals surface area contributed by atoms with E-state index in [1.165, 1.54) is 0 Å². The SMILES string of the molecule is CCCNCC(O)CSc1cccc(Cl)c1. The molecule has 0 saturated heterocycles. The van der Waals surface area contributed by atoms with Gasteiger partial charge in [-0.1, -0.05) is 24.6 Å². The van der Waals surface area contributed by atoms with Crippen molar-refractivity contribution in [2.45, 2.75) is 24.3 Å². The molecule has 0 spiro atoms. The van der Waals surface area contributed by atoms with Gasteiger partial charge in [-0.05, 0) is 31.2 Å². The number of thioether (sulfide) groups is 1. The van der Waals surface area contributed by atoms with E-state index in [9.17, 15) is 5.11 Å². The molecule has 1 atom stereocenters. The van der Waals surface area contributed by atoms with E-state index < -0.39 is 0 Å². The van der Waals surface area contributed by atoms with Gasteiger partial charge in [-0.3, -0.25) is 0 Å². The Labute approximate surface area is 106 Å². The van der Waals surface area contributed by atoms with Crippen LogP contribution in [-0.4, -0.2) is 30.1 Å². The molecule has 0 fully saturated rings. The van der Waals surface area contributed by atoms with Crippen molar-refractivity contribution in [3.63, 3.8) is 0 Å². The molecule has 0 saturated carbocycles. The van der Waals surface area contributed by atoms with Crippen molar-refractivity contribution in [2.75, 3.05) is 18.8 Å². The first-order valence-electron chi connectivity index (χ1n) is 5.49. The minimum absolute atomic E-state index is 0.310. The standard InChI is InChI=1S/C12H18ClNOS/c1-2-6-14-8-11(15)9-16-12-5-3-4-10(13)7-12/h3-5,7,11,14-15H,2,6,8-9H2,1H3. The van der Waals surface area contributed by atoms with E-state index in [2.05, 4.69) is 12.2 Å². The van der Waals surface area contributed by atoms with Gasteiger partial charge in [0.25, 0.3) is 0 Å². The molecule has 0 aliphatic heterocycles. The third kappa shape index (κ3) is 5.75. The van der Waals surface area contributed by atoms with Gasteiger partial charge in [0.15, 0.2) is 0 Å². The van der Waals surface area contributed by atoms with Crippen LogP contribution in [-0.2, 0) is 0 Å². The molecule has 1 rings (SSSR count). The van der Waals surface area contributed by atoms with E-state index in [0.29, 0.717) is 12.3 Å². The lowest BCUT2D eigenvalue weighted by Gasteiger charge is -2.11. The Morgan fingerprint density at radius 3 is 3.00 bits per heavy atom. The van der Waals surface area contributed by atoms with Crippen molar-refractivity contribution in [2.24, 2.45) is 0 Å². The maximum Gasteiger partial charge on any atom is 0.0758 e. The normalized spacial score (nSPS) is 12.7. The Morgan fingerprint density at radius 1 is 1.50 bits per heavy atom. The second-order valence-corrected chi connectivity index (χ2v) is 5.16. The van der Waals surface area contributed by atoms with Crippen LogP contribution < -0.4 is 5.32 Å². The number of nitrogens with one attached hydrogen (secondary N) is 1. The van der Waals surface area contributed by atoms with Crippen molar-refractivity contribution >= 4 is 23.4 Å².